The second-order valence-electron chi connectivity index (χ2n) is 4.05. The zero-order valence-corrected chi connectivity index (χ0v) is 8.89. The van der Waals surface area contributed by atoms with Crippen molar-refractivity contribution in [2.24, 2.45) is 0 Å². The van der Waals surface area contributed by atoms with Crippen LogP contribution in [0.15, 0.2) is 24.3 Å². The third-order valence-electron chi connectivity index (χ3n) is 1.94. The fraction of sp³-hybridized carbons (Fsp3) is 0.400. The van der Waals surface area contributed by atoms with Crippen molar-refractivity contribution < 1.29 is 4.17 Å². The van der Waals surface area contributed by atoms with E-state index in [-0.39, 0.29) is 5.41 Å². The maximum absolute atomic E-state index is 10.7. The summed E-state index contributed by atoms with van der Waals surface area (Å²) in [4.78, 5) is 10.7. The Morgan fingerprint density at radius 1 is 1.15 bits per heavy atom. The molecule has 0 bridgehead atoms. The molecular formula is C10H13NOS. The van der Waals surface area contributed by atoms with Crippen molar-refractivity contribution in [2.75, 3.05) is 0 Å². The highest BCUT2D eigenvalue weighted by molar-refractivity contribution is 7.51. The number of nitrogens with zero attached hydrogens (tertiary/aromatic N) is 1. The zero-order chi connectivity index (χ0) is 10.1. The Morgan fingerprint density at radius 2 is 1.62 bits per heavy atom. The van der Waals surface area contributed by atoms with Gasteiger partial charge in [0.1, 0.15) is 0 Å². The van der Waals surface area contributed by atoms with Gasteiger partial charge in [-0.25, -0.2) is 0 Å². The molecule has 13 heavy (non-hydrogen) atoms. The van der Waals surface area contributed by atoms with E-state index in [4.69, 9.17) is 0 Å². The first kappa shape index (κ1) is 10.1. The fourth-order valence-corrected chi connectivity index (χ4v) is 1.20. The molecule has 0 aromatic heterocycles. The van der Waals surface area contributed by atoms with E-state index in [1.165, 1.54) is 5.56 Å². The first-order valence-corrected chi connectivity index (χ1v) is 4.53. The Kier molecular flexibility index (Phi) is 2.66. The lowest BCUT2D eigenvalue weighted by molar-refractivity contribution is -0.262. The first-order valence-electron chi connectivity index (χ1n) is 4.16. The smallest absolute Gasteiger partial charge is 0.237 e. The van der Waals surface area contributed by atoms with E-state index in [2.05, 4.69) is 33.6 Å². The van der Waals surface area contributed by atoms with Gasteiger partial charge in [-0.1, -0.05) is 37.1 Å². The minimum Gasteiger partial charge on any atom is -0.364 e. The molecule has 0 radical (unpaired) electrons. The minimum absolute atomic E-state index is 0.119. The summed E-state index contributed by atoms with van der Waals surface area (Å²) in [6, 6.07) is 7.38. The van der Waals surface area contributed by atoms with E-state index in [0.717, 1.165) is 0 Å². The molecule has 0 atom stereocenters. The van der Waals surface area contributed by atoms with Crippen LogP contribution in [0.4, 0.5) is 5.69 Å². The normalized spacial score (nSPS) is 11.3. The van der Waals surface area contributed by atoms with Gasteiger partial charge in [0.25, 0.3) is 0 Å². The molecule has 0 amide bonds. The van der Waals surface area contributed by atoms with Gasteiger partial charge in [0, 0.05) is 17.0 Å². The van der Waals surface area contributed by atoms with Gasteiger partial charge in [0.05, 0.1) is 0 Å². The highest BCUT2D eigenvalue weighted by atomic mass is 32.1. The molecule has 0 aliphatic carbocycles. The van der Waals surface area contributed by atoms with Crippen molar-refractivity contribution in [1.29, 1.82) is 0 Å². The average molecular weight is 195 g/mol. The molecule has 70 valence electrons. The molecule has 0 unspecified atom stereocenters. The summed E-state index contributed by atoms with van der Waals surface area (Å²) in [7, 11) is 0. The first-order chi connectivity index (χ1) is 5.91. The zero-order valence-electron chi connectivity index (χ0n) is 8.07. The summed E-state index contributed by atoms with van der Waals surface area (Å²) in [6.07, 6.45) is 0. The maximum atomic E-state index is 10.7. The monoisotopic (exact) mass is 195 g/mol. The van der Waals surface area contributed by atoms with Gasteiger partial charge in [-0.2, -0.15) is 0 Å². The molecule has 0 aliphatic rings. The van der Waals surface area contributed by atoms with Crippen molar-refractivity contribution in [3.63, 3.8) is 0 Å². The lowest BCUT2D eigenvalue weighted by Gasteiger charge is -2.18. The van der Waals surface area contributed by atoms with Crippen LogP contribution in [0.25, 0.3) is 0 Å². The van der Waals surface area contributed by atoms with Crippen LogP contribution in [0.3, 0.4) is 0 Å². The molecule has 0 spiro atoms. The number of hydrogen-bond acceptors (Lipinski definition) is 2. The topological polar surface area (TPSA) is 20.1 Å². The van der Waals surface area contributed by atoms with Crippen LogP contribution >= 0.6 is 0 Å². The lowest BCUT2D eigenvalue weighted by atomic mass is 9.87. The Morgan fingerprint density at radius 3 is 1.92 bits per heavy atom. The predicted molar refractivity (Wildman–Crippen MR) is 55.8 cm³/mol. The summed E-state index contributed by atoms with van der Waals surface area (Å²) in [5.41, 5.74) is 1.84. The van der Waals surface area contributed by atoms with Crippen LogP contribution in [0.5, 0.6) is 0 Å². The predicted octanol–water partition coefficient (Wildman–Crippen LogP) is 2.86. The number of rotatable bonds is 1. The van der Waals surface area contributed by atoms with Gasteiger partial charge in [0.15, 0.2) is 0 Å². The highest BCUT2D eigenvalue weighted by Crippen LogP contribution is 2.23. The van der Waals surface area contributed by atoms with E-state index in [1.54, 1.807) is 12.1 Å². The minimum atomic E-state index is 0.119. The molecule has 0 fully saturated rings. The maximum Gasteiger partial charge on any atom is 0.237 e. The Labute approximate surface area is 84.1 Å². The number of nitroso groups, excluding NO2 is 1. The van der Waals surface area contributed by atoms with Gasteiger partial charge >= 0.3 is 0 Å². The van der Waals surface area contributed by atoms with Crippen LogP contribution in [0, 0.1) is 4.91 Å². The average Bonchev–Trinajstić information content (AvgIpc) is 2.03. The standard InChI is InChI=1S/C10H13NOS/c1-10(2,3)8-4-6-9(7-5-8)11(12)13/h4-7H,1-3H3. The van der Waals surface area contributed by atoms with Crippen LogP contribution in [-0.4, -0.2) is 4.17 Å². The third kappa shape index (κ3) is 2.49. The molecule has 1 aromatic rings. The molecule has 0 saturated carbocycles. The van der Waals surface area contributed by atoms with E-state index < -0.39 is 0 Å². The molecule has 3 heteroatoms. The molecule has 0 aliphatic heterocycles. The van der Waals surface area contributed by atoms with Gasteiger partial charge in [0.2, 0.25) is 5.69 Å². The lowest BCUT2D eigenvalue weighted by Crippen LogP contribution is -2.10. The second kappa shape index (κ2) is 3.42. The number of hydrogen-bond donors (Lipinski definition) is 0. The van der Waals surface area contributed by atoms with Crippen molar-refractivity contribution in [2.45, 2.75) is 26.2 Å². The van der Waals surface area contributed by atoms with Gasteiger partial charge < -0.3 is 12.8 Å². The molecular weight excluding hydrogens is 182 g/mol. The molecule has 0 saturated heterocycles. The van der Waals surface area contributed by atoms with Crippen LogP contribution in [-0.2, 0) is 18.2 Å². The molecule has 0 heterocycles. The largest absolute Gasteiger partial charge is 0.364 e. The fourth-order valence-electron chi connectivity index (χ4n) is 1.08. The highest BCUT2D eigenvalue weighted by Gasteiger charge is 2.13. The van der Waals surface area contributed by atoms with E-state index in [1.807, 2.05) is 12.1 Å². The van der Waals surface area contributed by atoms with Gasteiger partial charge in [-0.15, -0.1) is 0 Å². The number of benzene rings is 1. The molecule has 2 nitrogen and oxygen atoms in total. The third-order valence-corrected chi connectivity index (χ3v) is 2.15. The summed E-state index contributed by atoms with van der Waals surface area (Å²) in [6.45, 7) is 6.39. The summed E-state index contributed by atoms with van der Waals surface area (Å²) in [5.74, 6) is 0. The van der Waals surface area contributed by atoms with Gasteiger partial charge in [-0.3, -0.25) is 0 Å². The Hall–Kier alpha value is -0.960. The van der Waals surface area contributed by atoms with Crippen molar-refractivity contribution in [1.82, 2.24) is 0 Å². The van der Waals surface area contributed by atoms with E-state index >= 15 is 0 Å². The van der Waals surface area contributed by atoms with Crippen LogP contribution in [0.1, 0.15) is 26.3 Å². The quantitative estimate of drug-likeness (QED) is 0.507. The second-order valence-corrected chi connectivity index (χ2v) is 4.39. The summed E-state index contributed by atoms with van der Waals surface area (Å²) in [5, 5.41) is 0. The molecule has 1 aromatic carbocycles. The van der Waals surface area contributed by atoms with Crippen molar-refractivity contribution in [3.8, 4) is 0 Å². The van der Waals surface area contributed by atoms with Crippen molar-refractivity contribution in [3.05, 3.63) is 34.7 Å². The SMILES string of the molecule is CC(C)(C)c1ccc([N+](=O)[S-])cc1. The summed E-state index contributed by atoms with van der Waals surface area (Å²) >= 11 is 4.46. The summed E-state index contributed by atoms with van der Waals surface area (Å²) < 4.78 is 0.451. The Bertz CT molecular complexity index is 311. The van der Waals surface area contributed by atoms with Crippen LogP contribution < -0.4 is 0 Å². The van der Waals surface area contributed by atoms with Gasteiger partial charge in [-0.05, 0) is 11.0 Å². The van der Waals surface area contributed by atoms with Crippen molar-refractivity contribution >= 4 is 18.5 Å². The van der Waals surface area contributed by atoms with Crippen LogP contribution in [0.2, 0.25) is 0 Å². The molecule has 0 N–H and O–H groups in total. The van der Waals surface area contributed by atoms with E-state index in [0.29, 0.717) is 9.85 Å². The Balaban J connectivity index is 3.01. The molecule has 1 rings (SSSR count). The van der Waals surface area contributed by atoms with E-state index in [9.17, 15) is 4.91 Å².